The summed E-state index contributed by atoms with van der Waals surface area (Å²) in [6.07, 6.45) is 0.979. The standard InChI is InChI=1S/C18H17NO5/c20-17(19-10-13-1-5-14(6-2-13)18(21)22)8-4-12-3-7-15-16(9-12)24-11-23-15/h1-3,5-7,9H,4,8,10-11H2,(H,19,20)(H,21,22). The smallest absolute Gasteiger partial charge is 0.335 e. The molecule has 0 fully saturated rings. The van der Waals surface area contributed by atoms with Gasteiger partial charge in [0.2, 0.25) is 12.7 Å². The van der Waals surface area contributed by atoms with Crippen LogP contribution < -0.4 is 14.8 Å². The molecule has 0 saturated carbocycles. The average Bonchev–Trinajstić information content (AvgIpc) is 3.06. The van der Waals surface area contributed by atoms with Gasteiger partial charge in [-0.05, 0) is 41.8 Å². The Morgan fingerprint density at radius 2 is 1.71 bits per heavy atom. The summed E-state index contributed by atoms with van der Waals surface area (Å²) >= 11 is 0. The summed E-state index contributed by atoms with van der Waals surface area (Å²) in [6, 6.07) is 12.1. The van der Waals surface area contributed by atoms with Crippen LogP contribution in [0.2, 0.25) is 0 Å². The highest BCUT2D eigenvalue weighted by Crippen LogP contribution is 2.32. The van der Waals surface area contributed by atoms with Crippen molar-refractivity contribution in [3.8, 4) is 11.5 Å². The molecule has 2 N–H and O–H groups in total. The molecule has 2 aromatic carbocycles. The molecule has 24 heavy (non-hydrogen) atoms. The number of carbonyl (C=O) groups excluding carboxylic acids is 1. The van der Waals surface area contributed by atoms with E-state index in [1.807, 2.05) is 18.2 Å². The summed E-state index contributed by atoms with van der Waals surface area (Å²) in [6.45, 7) is 0.611. The van der Waals surface area contributed by atoms with Crippen LogP contribution in [0, 0.1) is 0 Å². The number of fused-ring (bicyclic) bond motifs is 1. The maximum Gasteiger partial charge on any atom is 0.335 e. The topological polar surface area (TPSA) is 84.9 Å². The van der Waals surface area contributed by atoms with Gasteiger partial charge < -0.3 is 19.9 Å². The van der Waals surface area contributed by atoms with E-state index < -0.39 is 5.97 Å². The van der Waals surface area contributed by atoms with E-state index in [0.29, 0.717) is 25.1 Å². The third-order valence-corrected chi connectivity index (χ3v) is 3.77. The van der Waals surface area contributed by atoms with Crippen LogP contribution in [0.15, 0.2) is 42.5 Å². The van der Waals surface area contributed by atoms with Crippen molar-refractivity contribution < 1.29 is 24.2 Å². The quantitative estimate of drug-likeness (QED) is 0.851. The van der Waals surface area contributed by atoms with Crippen molar-refractivity contribution in [1.29, 1.82) is 0 Å². The van der Waals surface area contributed by atoms with Crippen molar-refractivity contribution in [2.75, 3.05) is 6.79 Å². The molecule has 2 aromatic rings. The Kier molecular flexibility index (Phi) is 4.65. The van der Waals surface area contributed by atoms with Crippen molar-refractivity contribution >= 4 is 11.9 Å². The van der Waals surface area contributed by atoms with Crippen LogP contribution in [-0.4, -0.2) is 23.8 Å². The summed E-state index contributed by atoms with van der Waals surface area (Å²) in [7, 11) is 0. The summed E-state index contributed by atoms with van der Waals surface area (Å²) in [4.78, 5) is 22.7. The van der Waals surface area contributed by atoms with Gasteiger partial charge in [0.15, 0.2) is 11.5 Å². The summed E-state index contributed by atoms with van der Waals surface area (Å²) in [5.41, 5.74) is 2.10. The average molecular weight is 327 g/mol. The van der Waals surface area contributed by atoms with Crippen molar-refractivity contribution in [3.63, 3.8) is 0 Å². The Labute approximate surface area is 139 Å². The SMILES string of the molecule is O=C(CCc1ccc2c(c1)OCO2)NCc1ccc(C(=O)O)cc1. The van der Waals surface area contributed by atoms with Gasteiger partial charge in [-0.2, -0.15) is 0 Å². The summed E-state index contributed by atoms with van der Waals surface area (Å²) in [5, 5.41) is 11.7. The lowest BCUT2D eigenvalue weighted by molar-refractivity contribution is -0.121. The molecule has 6 heteroatoms. The normalized spacial score (nSPS) is 12.0. The predicted octanol–water partition coefficient (Wildman–Crippen LogP) is 2.36. The first-order chi connectivity index (χ1) is 11.6. The highest BCUT2D eigenvalue weighted by Gasteiger charge is 2.13. The van der Waals surface area contributed by atoms with Crippen LogP contribution in [0.5, 0.6) is 11.5 Å². The fourth-order valence-corrected chi connectivity index (χ4v) is 2.41. The molecular formula is C18H17NO5. The number of benzene rings is 2. The molecule has 0 spiro atoms. The lowest BCUT2D eigenvalue weighted by Crippen LogP contribution is -2.23. The molecule has 6 nitrogen and oxygen atoms in total. The highest BCUT2D eigenvalue weighted by molar-refractivity contribution is 5.87. The maximum atomic E-state index is 11.9. The molecule has 0 saturated heterocycles. The minimum absolute atomic E-state index is 0.0602. The first-order valence-corrected chi connectivity index (χ1v) is 7.59. The largest absolute Gasteiger partial charge is 0.478 e. The van der Waals surface area contributed by atoms with E-state index in [0.717, 1.165) is 16.9 Å². The van der Waals surface area contributed by atoms with Gasteiger partial charge in [-0.3, -0.25) is 4.79 Å². The zero-order valence-corrected chi connectivity index (χ0v) is 13.0. The minimum Gasteiger partial charge on any atom is -0.478 e. The number of carboxylic acid groups (broad SMARTS) is 1. The molecule has 1 aliphatic heterocycles. The van der Waals surface area contributed by atoms with Crippen LogP contribution >= 0.6 is 0 Å². The number of carbonyl (C=O) groups is 2. The number of amides is 1. The zero-order chi connectivity index (χ0) is 16.9. The Bertz CT molecular complexity index is 755. The number of rotatable bonds is 6. The molecule has 0 aromatic heterocycles. The van der Waals surface area contributed by atoms with Crippen LogP contribution in [0.1, 0.15) is 27.9 Å². The first-order valence-electron chi connectivity index (χ1n) is 7.59. The Morgan fingerprint density at radius 1 is 1.00 bits per heavy atom. The van der Waals surface area contributed by atoms with Gasteiger partial charge in [0.1, 0.15) is 0 Å². The van der Waals surface area contributed by atoms with E-state index in [4.69, 9.17) is 14.6 Å². The van der Waals surface area contributed by atoms with Crippen molar-refractivity contribution in [1.82, 2.24) is 5.32 Å². The number of hydrogen-bond acceptors (Lipinski definition) is 4. The van der Waals surface area contributed by atoms with E-state index >= 15 is 0 Å². The molecule has 0 atom stereocenters. The lowest BCUT2D eigenvalue weighted by Gasteiger charge is -2.06. The van der Waals surface area contributed by atoms with Gasteiger partial charge >= 0.3 is 5.97 Å². The number of aromatic carboxylic acids is 1. The number of ether oxygens (including phenoxy) is 2. The molecule has 1 amide bonds. The minimum atomic E-state index is -0.964. The number of hydrogen-bond donors (Lipinski definition) is 2. The molecular weight excluding hydrogens is 310 g/mol. The number of carboxylic acids is 1. The summed E-state index contributed by atoms with van der Waals surface area (Å²) < 4.78 is 10.6. The second-order valence-electron chi connectivity index (χ2n) is 5.47. The maximum absolute atomic E-state index is 11.9. The number of aryl methyl sites for hydroxylation is 1. The Hall–Kier alpha value is -3.02. The second-order valence-corrected chi connectivity index (χ2v) is 5.47. The third kappa shape index (κ3) is 3.84. The molecule has 0 aliphatic carbocycles. The van der Waals surface area contributed by atoms with E-state index in [9.17, 15) is 9.59 Å². The van der Waals surface area contributed by atoms with Gasteiger partial charge in [-0.1, -0.05) is 18.2 Å². The molecule has 124 valence electrons. The summed E-state index contributed by atoms with van der Waals surface area (Å²) in [5.74, 6) is 0.420. The van der Waals surface area contributed by atoms with E-state index in [-0.39, 0.29) is 18.3 Å². The van der Waals surface area contributed by atoms with Crippen LogP contribution in [0.3, 0.4) is 0 Å². The predicted molar refractivity (Wildman–Crippen MR) is 86.1 cm³/mol. The number of nitrogens with one attached hydrogen (secondary N) is 1. The lowest BCUT2D eigenvalue weighted by atomic mass is 10.1. The van der Waals surface area contributed by atoms with Gasteiger partial charge in [0, 0.05) is 13.0 Å². The fourth-order valence-electron chi connectivity index (χ4n) is 2.41. The van der Waals surface area contributed by atoms with Crippen LogP contribution in [-0.2, 0) is 17.8 Å². The van der Waals surface area contributed by atoms with E-state index in [1.54, 1.807) is 12.1 Å². The van der Waals surface area contributed by atoms with E-state index in [2.05, 4.69) is 5.32 Å². The second kappa shape index (κ2) is 7.04. The van der Waals surface area contributed by atoms with Gasteiger partial charge in [-0.15, -0.1) is 0 Å². The van der Waals surface area contributed by atoms with Crippen molar-refractivity contribution in [3.05, 3.63) is 59.2 Å². The first kappa shape index (κ1) is 15.9. The van der Waals surface area contributed by atoms with Gasteiger partial charge in [-0.25, -0.2) is 4.79 Å². The van der Waals surface area contributed by atoms with Crippen molar-refractivity contribution in [2.45, 2.75) is 19.4 Å². The molecule has 1 heterocycles. The van der Waals surface area contributed by atoms with Crippen LogP contribution in [0.4, 0.5) is 0 Å². The van der Waals surface area contributed by atoms with E-state index in [1.165, 1.54) is 12.1 Å². The fraction of sp³-hybridized carbons (Fsp3) is 0.222. The van der Waals surface area contributed by atoms with Gasteiger partial charge in [0.05, 0.1) is 5.56 Å². The molecule has 0 bridgehead atoms. The molecule has 1 aliphatic rings. The Morgan fingerprint density at radius 3 is 2.46 bits per heavy atom. The van der Waals surface area contributed by atoms with Crippen molar-refractivity contribution in [2.24, 2.45) is 0 Å². The molecule has 0 unspecified atom stereocenters. The molecule has 3 rings (SSSR count). The Balaban J connectivity index is 1.46. The highest BCUT2D eigenvalue weighted by atomic mass is 16.7. The van der Waals surface area contributed by atoms with Crippen LogP contribution in [0.25, 0.3) is 0 Å². The third-order valence-electron chi connectivity index (χ3n) is 3.77. The molecule has 0 radical (unpaired) electrons. The zero-order valence-electron chi connectivity index (χ0n) is 13.0. The monoisotopic (exact) mass is 327 g/mol. The van der Waals surface area contributed by atoms with Gasteiger partial charge in [0.25, 0.3) is 0 Å².